The largest absolute Gasteiger partial charge is 0.482 e. The number of alkyl halides is 1. The first kappa shape index (κ1) is 14.8. The van der Waals surface area contributed by atoms with Gasteiger partial charge in [-0.3, -0.25) is 10.1 Å². The molecule has 0 saturated carbocycles. The predicted octanol–water partition coefficient (Wildman–Crippen LogP) is 3.78. The minimum Gasteiger partial charge on any atom is -0.482 e. The Labute approximate surface area is 126 Å². The second-order valence-electron chi connectivity index (χ2n) is 4.29. The van der Waals surface area contributed by atoms with Gasteiger partial charge in [0.05, 0.1) is 16.6 Å². The molecule has 6 heteroatoms. The lowest BCUT2D eigenvalue weighted by Crippen LogP contribution is -2.00. The molecule has 0 bridgehead atoms. The molecule has 2 rings (SSSR count). The Morgan fingerprint density at radius 3 is 2.71 bits per heavy atom. The van der Waals surface area contributed by atoms with E-state index < -0.39 is 4.92 Å². The van der Waals surface area contributed by atoms with Gasteiger partial charge in [0.2, 0.25) is 0 Å². The fourth-order valence-electron chi connectivity index (χ4n) is 1.80. The second kappa shape index (κ2) is 6.73. The van der Waals surface area contributed by atoms with E-state index in [1.54, 1.807) is 36.4 Å². The molecule has 0 radical (unpaired) electrons. The van der Waals surface area contributed by atoms with Crippen LogP contribution in [0.2, 0.25) is 0 Å². The van der Waals surface area contributed by atoms with Crippen molar-refractivity contribution in [3.63, 3.8) is 0 Å². The van der Waals surface area contributed by atoms with Crippen molar-refractivity contribution in [1.29, 1.82) is 5.26 Å². The van der Waals surface area contributed by atoms with Crippen LogP contribution in [0, 0.1) is 21.4 Å². The monoisotopic (exact) mass is 302 g/mol. The number of halogens is 1. The summed E-state index contributed by atoms with van der Waals surface area (Å²) in [6, 6.07) is 13.4. The van der Waals surface area contributed by atoms with Gasteiger partial charge in [-0.05, 0) is 29.3 Å². The van der Waals surface area contributed by atoms with Gasteiger partial charge in [0.15, 0.2) is 5.75 Å². The SMILES string of the molecule is N#Cc1cccc(COc2cc(CCl)ccc2[N+](=O)[O-])c1. The smallest absolute Gasteiger partial charge is 0.310 e. The van der Waals surface area contributed by atoms with E-state index in [9.17, 15) is 10.1 Å². The summed E-state index contributed by atoms with van der Waals surface area (Å²) in [5.41, 5.74) is 1.91. The van der Waals surface area contributed by atoms with Gasteiger partial charge in [-0.1, -0.05) is 18.2 Å². The number of hydrogen-bond donors (Lipinski definition) is 0. The molecule has 0 aliphatic heterocycles. The van der Waals surface area contributed by atoms with Gasteiger partial charge in [-0.25, -0.2) is 0 Å². The van der Waals surface area contributed by atoms with Crippen LogP contribution in [-0.2, 0) is 12.5 Å². The Kier molecular flexibility index (Phi) is 4.75. The van der Waals surface area contributed by atoms with Gasteiger partial charge in [-0.15, -0.1) is 11.6 Å². The highest BCUT2D eigenvalue weighted by atomic mass is 35.5. The van der Waals surface area contributed by atoms with Crippen molar-refractivity contribution in [1.82, 2.24) is 0 Å². The van der Waals surface area contributed by atoms with Crippen molar-refractivity contribution in [2.75, 3.05) is 0 Å². The molecule has 21 heavy (non-hydrogen) atoms. The molecule has 106 valence electrons. The summed E-state index contributed by atoms with van der Waals surface area (Å²) in [5, 5.41) is 19.8. The summed E-state index contributed by atoms with van der Waals surface area (Å²) in [6.45, 7) is 0.141. The van der Waals surface area contributed by atoms with E-state index in [2.05, 4.69) is 0 Å². The molecular formula is C15H11ClN2O3. The van der Waals surface area contributed by atoms with E-state index in [4.69, 9.17) is 21.6 Å². The highest BCUT2D eigenvalue weighted by Crippen LogP contribution is 2.29. The highest BCUT2D eigenvalue weighted by molar-refractivity contribution is 6.17. The normalized spacial score (nSPS) is 9.90. The van der Waals surface area contributed by atoms with Crippen molar-refractivity contribution in [2.45, 2.75) is 12.5 Å². The molecule has 0 amide bonds. The van der Waals surface area contributed by atoms with Crippen molar-refractivity contribution >= 4 is 17.3 Å². The Morgan fingerprint density at radius 1 is 1.24 bits per heavy atom. The number of ether oxygens (including phenoxy) is 1. The minimum atomic E-state index is -0.501. The number of rotatable bonds is 5. The summed E-state index contributed by atoms with van der Waals surface area (Å²) < 4.78 is 5.52. The zero-order valence-electron chi connectivity index (χ0n) is 11.0. The third-order valence-electron chi connectivity index (χ3n) is 2.83. The number of nitro benzene ring substituents is 1. The zero-order valence-corrected chi connectivity index (χ0v) is 11.7. The van der Waals surface area contributed by atoms with Crippen LogP contribution in [-0.4, -0.2) is 4.92 Å². The molecule has 5 nitrogen and oxygen atoms in total. The minimum absolute atomic E-state index is 0.111. The van der Waals surface area contributed by atoms with Crippen LogP contribution in [0.25, 0.3) is 0 Å². The first-order valence-electron chi connectivity index (χ1n) is 6.09. The van der Waals surface area contributed by atoms with E-state index in [0.717, 1.165) is 11.1 Å². The number of nitro groups is 1. The third-order valence-corrected chi connectivity index (χ3v) is 3.13. The fraction of sp³-hybridized carbons (Fsp3) is 0.133. The summed E-state index contributed by atoms with van der Waals surface area (Å²) in [4.78, 5) is 10.5. The molecule has 0 aliphatic carbocycles. The molecule has 0 unspecified atom stereocenters. The van der Waals surface area contributed by atoms with Crippen LogP contribution >= 0.6 is 11.6 Å². The maximum atomic E-state index is 11.0. The lowest BCUT2D eigenvalue weighted by Gasteiger charge is -2.08. The van der Waals surface area contributed by atoms with Crippen molar-refractivity contribution in [2.24, 2.45) is 0 Å². The first-order valence-corrected chi connectivity index (χ1v) is 6.62. The predicted molar refractivity (Wildman–Crippen MR) is 78.1 cm³/mol. The van der Waals surface area contributed by atoms with Crippen LogP contribution in [0.4, 0.5) is 5.69 Å². The molecule has 0 spiro atoms. The summed E-state index contributed by atoms with van der Waals surface area (Å²) in [5.74, 6) is 0.415. The topological polar surface area (TPSA) is 76.2 Å². The number of nitriles is 1. The van der Waals surface area contributed by atoms with E-state index in [1.807, 2.05) is 6.07 Å². The first-order chi connectivity index (χ1) is 10.1. The van der Waals surface area contributed by atoms with Crippen molar-refractivity contribution in [3.8, 4) is 11.8 Å². The molecule has 0 aliphatic rings. The molecule has 0 atom stereocenters. The number of hydrogen-bond acceptors (Lipinski definition) is 4. The van der Waals surface area contributed by atoms with Crippen LogP contribution in [0.1, 0.15) is 16.7 Å². The van der Waals surface area contributed by atoms with Crippen molar-refractivity contribution in [3.05, 3.63) is 69.3 Å². The standard InChI is InChI=1S/C15H11ClN2O3/c16-8-11-4-5-14(18(19)20)15(7-11)21-10-13-3-1-2-12(6-13)9-17/h1-7H,8,10H2. The van der Waals surface area contributed by atoms with Crippen LogP contribution in [0.3, 0.4) is 0 Å². The average molecular weight is 303 g/mol. The van der Waals surface area contributed by atoms with Gasteiger partial charge < -0.3 is 4.74 Å². The lowest BCUT2D eigenvalue weighted by atomic mass is 10.1. The average Bonchev–Trinajstić information content (AvgIpc) is 2.52. The zero-order chi connectivity index (χ0) is 15.2. The number of nitrogens with zero attached hydrogens (tertiary/aromatic N) is 2. The maximum Gasteiger partial charge on any atom is 0.310 e. The quantitative estimate of drug-likeness (QED) is 0.478. The van der Waals surface area contributed by atoms with E-state index in [0.29, 0.717) is 5.56 Å². The molecule has 2 aromatic carbocycles. The lowest BCUT2D eigenvalue weighted by molar-refractivity contribution is -0.386. The van der Waals surface area contributed by atoms with Gasteiger partial charge in [0.25, 0.3) is 0 Å². The van der Waals surface area contributed by atoms with Crippen LogP contribution in [0.5, 0.6) is 5.75 Å². The van der Waals surface area contributed by atoms with Gasteiger partial charge in [0.1, 0.15) is 6.61 Å². The molecular weight excluding hydrogens is 292 g/mol. The van der Waals surface area contributed by atoms with Gasteiger partial charge >= 0.3 is 5.69 Å². The van der Waals surface area contributed by atoms with Gasteiger partial charge in [-0.2, -0.15) is 5.26 Å². The molecule has 2 aromatic rings. The maximum absolute atomic E-state index is 11.0. The molecule has 0 fully saturated rings. The highest BCUT2D eigenvalue weighted by Gasteiger charge is 2.15. The number of benzene rings is 2. The molecule has 0 N–H and O–H groups in total. The van der Waals surface area contributed by atoms with Crippen LogP contribution in [0.15, 0.2) is 42.5 Å². The summed E-state index contributed by atoms with van der Waals surface area (Å²) in [6.07, 6.45) is 0. The Balaban J connectivity index is 2.22. The Morgan fingerprint density at radius 2 is 2.05 bits per heavy atom. The summed E-state index contributed by atoms with van der Waals surface area (Å²) in [7, 11) is 0. The Hall–Kier alpha value is -2.58. The third kappa shape index (κ3) is 3.71. The van der Waals surface area contributed by atoms with E-state index >= 15 is 0 Å². The van der Waals surface area contributed by atoms with Gasteiger partial charge in [0, 0.05) is 11.9 Å². The molecule has 0 aromatic heterocycles. The van der Waals surface area contributed by atoms with E-state index in [-0.39, 0.29) is 23.9 Å². The fourth-order valence-corrected chi connectivity index (χ4v) is 1.97. The van der Waals surface area contributed by atoms with E-state index in [1.165, 1.54) is 6.07 Å². The summed E-state index contributed by atoms with van der Waals surface area (Å²) >= 11 is 5.73. The molecule has 0 heterocycles. The molecule has 0 saturated heterocycles. The van der Waals surface area contributed by atoms with Crippen LogP contribution < -0.4 is 4.74 Å². The van der Waals surface area contributed by atoms with Crippen molar-refractivity contribution < 1.29 is 9.66 Å². The Bertz CT molecular complexity index is 710. The second-order valence-corrected chi connectivity index (χ2v) is 4.56.